The van der Waals surface area contributed by atoms with E-state index in [0.717, 1.165) is 50.7 Å². The van der Waals surface area contributed by atoms with Crippen LogP contribution in [-0.2, 0) is 19.2 Å². The number of hydrogen-bond acceptors (Lipinski definition) is 7. The summed E-state index contributed by atoms with van der Waals surface area (Å²) in [7, 11) is 0. The van der Waals surface area contributed by atoms with Crippen molar-refractivity contribution in [3.05, 3.63) is 11.6 Å². The summed E-state index contributed by atoms with van der Waals surface area (Å²) in [6.45, 7) is 6.88. The van der Waals surface area contributed by atoms with Crippen molar-refractivity contribution in [1.29, 1.82) is 0 Å². The lowest BCUT2D eigenvalue weighted by atomic mass is 9.46. The van der Waals surface area contributed by atoms with Crippen LogP contribution in [0.5, 0.6) is 0 Å². The number of carbonyl (C=O) groups is 3. The quantitative estimate of drug-likeness (QED) is 0.390. The first-order chi connectivity index (χ1) is 16.8. The van der Waals surface area contributed by atoms with Crippen LogP contribution in [0.1, 0.15) is 79.1 Å². The second-order valence-corrected chi connectivity index (χ2v) is 11.9. The Balaban J connectivity index is 1.42. The first kappa shape index (κ1) is 26.8. The van der Waals surface area contributed by atoms with Gasteiger partial charge in [-0.3, -0.25) is 9.59 Å². The van der Waals surface area contributed by atoms with Gasteiger partial charge in [-0.25, -0.2) is 4.79 Å². The van der Waals surface area contributed by atoms with Gasteiger partial charge in [-0.1, -0.05) is 24.6 Å². The standard InChI is InChI=1S/C27H40N2O7/c1-15(30)23(24(33)34)28-22(32)14-36-29-18-7-10-25(3)17(13-18)5-6-19-20(25)8-11-26(4)21(19)9-12-27(26,35)16(2)31/h13,15,19-21,23,30,35H,5-12,14H2,1-4H3,(H,28,32)(H,33,34). The molecular weight excluding hydrogens is 464 g/mol. The Morgan fingerprint density at radius 2 is 1.83 bits per heavy atom. The number of carboxylic acids is 1. The molecule has 9 nitrogen and oxygen atoms in total. The van der Waals surface area contributed by atoms with Crippen LogP contribution in [0.4, 0.5) is 0 Å². The van der Waals surface area contributed by atoms with Crippen molar-refractivity contribution in [3.8, 4) is 0 Å². The second-order valence-electron chi connectivity index (χ2n) is 11.9. The molecule has 3 saturated carbocycles. The molecule has 36 heavy (non-hydrogen) atoms. The predicted molar refractivity (Wildman–Crippen MR) is 132 cm³/mol. The lowest BCUT2D eigenvalue weighted by Gasteiger charge is -2.59. The average Bonchev–Trinajstić information content (AvgIpc) is 3.09. The van der Waals surface area contributed by atoms with Crippen LogP contribution in [-0.4, -0.2) is 63.0 Å². The first-order valence-corrected chi connectivity index (χ1v) is 13.2. The fourth-order valence-electron chi connectivity index (χ4n) is 8.01. The van der Waals surface area contributed by atoms with Gasteiger partial charge in [0.2, 0.25) is 0 Å². The second kappa shape index (κ2) is 9.56. The van der Waals surface area contributed by atoms with Crippen molar-refractivity contribution in [2.75, 3.05) is 6.61 Å². The van der Waals surface area contributed by atoms with Crippen molar-refractivity contribution in [2.45, 2.75) is 96.8 Å². The Morgan fingerprint density at radius 1 is 1.14 bits per heavy atom. The number of fused-ring (bicyclic) bond motifs is 5. The third kappa shape index (κ3) is 4.28. The van der Waals surface area contributed by atoms with E-state index in [0.29, 0.717) is 24.2 Å². The number of aliphatic hydroxyl groups excluding tert-OH is 1. The molecule has 0 aromatic carbocycles. The maximum absolute atomic E-state index is 12.4. The van der Waals surface area contributed by atoms with E-state index in [1.54, 1.807) is 0 Å². The molecule has 0 saturated heterocycles. The van der Waals surface area contributed by atoms with Crippen LogP contribution in [0, 0.1) is 28.6 Å². The van der Waals surface area contributed by atoms with Gasteiger partial charge in [0, 0.05) is 5.41 Å². The van der Waals surface area contributed by atoms with Crippen LogP contribution in [0.25, 0.3) is 0 Å². The molecule has 200 valence electrons. The summed E-state index contributed by atoms with van der Waals surface area (Å²) in [5.41, 5.74) is 0.622. The number of aliphatic hydroxyl groups is 2. The van der Waals surface area contributed by atoms with Gasteiger partial charge >= 0.3 is 5.97 Å². The van der Waals surface area contributed by atoms with Gasteiger partial charge in [-0.05, 0) is 94.5 Å². The van der Waals surface area contributed by atoms with Gasteiger partial charge in [0.25, 0.3) is 5.91 Å². The van der Waals surface area contributed by atoms with E-state index in [4.69, 9.17) is 9.94 Å². The smallest absolute Gasteiger partial charge is 0.328 e. The number of carboxylic acid groups (broad SMARTS) is 1. The molecule has 1 amide bonds. The Kier molecular flexibility index (Phi) is 7.11. The summed E-state index contributed by atoms with van der Waals surface area (Å²) >= 11 is 0. The van der Waals surface area contributed by atoms with Crippen LogP contribution in [0.15, 0.2) is 16.8 Å². The molecule has 4 aliphatic rings. The molecule has 0 aliphatic heterocycles. The third-order valence-electron chi connectivity index (χ3n) is 10.2. The van der Waals surface area contributed by atoms with E-state index in [1.165, 1.54) is 19.4 Å². The lowest BCUT2D eigenvalue weighted by Crippen LogP contribution is -2.57. The monoisotopic (exact) mass is 504 g/mol. The van der Waals surface area contributed by atoms with Gasteiger partial charge in [0.15, 0.2) is 18.4 Å². The summed E-state index contributed by atoms with van der Waals surface area (Å²) in [6.07, 6.45) is 7.83. The maximum atomic E-state index is 12.4. The molecule has 8 atom stereocenters. The van der Waals surface area contributed by atoms with E-state index < -0.39 is 36.2 Å². The molecule has 8 unspecified atom stereocenters. The van der Waals surface area contributed by atoms with Crippen molar-refractivity contribution in [2.24, 2.45) is 33.7 Å². The number of hydrogen-bond donors (Lipinski definition) is 4. The molecule has 0 aromatic heterocycles. The minimum Gasteiger partial charge on any atom is -0.480 e. The van der Waals surface area contributed by atoms with Crippen molar-refractivity contribution < 1.29 is 34.5 Å². The number of rotatable bonds is 7. The largest absolute Gasteiger partial charge is 0.480 e. The Morgan fingerprint density at radius 3 is 2.47 bits per heavy atom. The number of carbonyl (C=O) groups excluding carboxylic acids is 2. The molecular formula is C27H40N2O7. The number of Topliss-reactive ketones (excluding diaryl/α,β-unsaturated/α-hetero) is 1. The van der Waals surface area contributed by atoms with E-state index in [-0.39, 0.29) is 16.6 Å². The zero-order valence-electron chi connectivity index (χ0n) is 21.7. The minimum absolute atomic E-state index is 0.0452. The number of oxime groups is 1. The van der Waals surface area contributed by atoms with E-state index in [1.807, 2.05) is 0 Å². The van der Waals surface area contributed by atoms with Crippen LogP contribution in [0.2, 0.25) is 0 Å². The molecule has 0 bridgehead atoms. The summed E-state index contributed by atoms with van der Waals surface area (Å²) in [5, 5.41) is 36.3. The summed E-state index contributed by atoms with van der Waals surface area (Å²) < 4.78 is 0. The number of ketones is 1. The highest BCUT2D eigenvalue weighted by atomic mass is 16.6. The average molecular weight is 505 g/mol. The van der Waals surface area contributed by atoms with Crippen molar-refractivity contribution >= 4 is 23.4 Å². The highest BCUT2D eigenvalue weighted by Gasteiger charge is 2.65. The van der Waals surface area contributed by atoms with Gasteiger partial charge in [-0.2, -0.15) is 0 Å². The number of amides is 1. The molecule has 4 rings (SSSR count). The van der Waals surface area contributed by atoms with Crippen LogP contribution < -0.4 is 5.32 Å². The van der Waals surface area contributed by atoms with Crippen LogP contribution >= 0.6 is 0 Å². The summed E-state index contributed by atoms with van der Waals surface area (Å²) in [6, 6.07) is -1.40. The van der Waals surface area contributed by atoms with Gasteiger partial charge < -0.3 is 25.5 Å². The van der Waals surface area contributed by atoms with E-state index in [2.05, 4.69) is 30.4 Å². The lowest BCUT2D eigenvalue weighted by molar-refractivity contribution is -0.159. The number of allylic oxidation sites excluding steroid dienone is 2. The molecule has 0 aromatic rings. The molecule has 0 radical (unpaired) electrons. The Labute approximate surface area is 212 Å². The van der Waals surface area contributed by atoms with Crippen molar-refractivity contribution in [1.82, 2.24) is 5.32 Å². The SMILES string of the molecule is CC(=O)C1(O)CCC2C3CCC4=CC(=NOCC(=O)NC(C(=O)O)C(C)O)CCC4(C)C3CCC21C. The topological polar surface area (TPSA) is 146 Å². The molecule has 0 spiro atoms. The fraction of sp³-hybridized carbons (Fsp3) is 0.778. The Hall–Kier alpha value is -2.26. The zero-order valence-corrected chi connectivity index (χ0v) is 21.7. The summed E-state index contributed by atoms with van der Waals surface area (Å²) in [4.78, 5) is 40.8. The van der Waals surface area contributed by atoms with E-state index >= 15 is 0 Å². The first-order valence-electron chi connectivity index (χ1n) is 13.2. The van der Waals surface area contributed by atoms with Gasteiger partial charge in [-0.15, -0.1) is 0 Å². The number of aliphatic carboxylic acids is 1. The maximum Gasteiger partial charge on any atom is 0.328 e. The molecule has 4 aliphatic carbocycles. The molecule has 3 fully saturated rings. The minimum atomic E-state index is -1.40. The van der Waals surface area contributed by atoms with Crippen LogP contribution in [0.3, 0.4) is 0 Å². The van der Waals surface area contributed by atoms with E-state index in [9.17, 15) is 24.6 Å². The highest BCUT2D eigenvalue weighted by Crippen LogP contribution is 2.67. The number of nitrogens with zero attached hydrogens (tertiary/aromatic N) is 1. The molecule has 9 heteroatoms. The highest BCUT2D eigenvalue weighted by molar-refractivity contribution is 5.96. The molecule has 4 N–H and O–H groups in total. The summed E-state index contributed by atoms with van der Waals surface area (Å²) in [5.74, 6) is -0.709. The normalized spacial score (nSPS) is 40.2. The predicted octanol–water partition coefficient (Wildman–Crippen LogP) is 2.59. The van der Waals surface area contributed by atoms with Gasteiger partial charge in [0.05, 0.1) is 11.8 Å². The number of nitrogens with one attached hydrogen (secondary N) is 1. The van der Waals surface area contributed by atoms with Crippen molar-refractivity contribution in [3.63, 3.8) is 0 Å². The zero-order chi connectivity index (χ0) is 26.5. The molecule has 0 heterocycles. The van der Waals surface area contributed by atoms with Gasteiger partial charge in [0.1, 0.15) is 5.60 Å². The third-order valence-corrected chi connectivity index (χ3v) is 10.2. The fourth-order valence-corrected chi connectivity index (χ4v) is 8.01. The Bertz CT molecular complexity index is 991.